The van der Waals surface area contributed by atoms with E-state index in [1.54, 1.807) is 12.1 Å². The number of phosphoric ester groups is 3. The minimum Gasteiger partial charge on any atom is -0.386 e. The molecule has 0 saturated carbocycles. The number of ether oxygens (including phenoxy) is 1. The highest BCUT2D eigenvalue weighted by molar-refractivity contribution is 8.13. The summed E-state index contributed by atoms with van der Waals surface area (Å²) in [6.45, 7) is 2.18. The van der Waals surface area contributed by atoms with Gasteiger partial charge in [0.05, 0.1) is 30.5 Å². The van der Waals surface area contributed by atoms with Crippen molar-refractivity contribution in [1.82, 2.24) is 34.5 Å². The van der Waals surface area contributed by atoms with Crippen LogP contribution in [0, 0.1) is 12.3 Å². The molecule has 0 radical (unpaired) electrons. The Labute approximate surface area is 375 Å². The molecule has 3 aromatic rings. The molecule has 2 aromatic heterocycles. The number of imidazole rings is 1. The number of rotatable bonds is 22. The van der Waals surface area contributed by atoms with Gasteiger partial charge in [0.15, 0.2) is 17.7 Å². The zero-order valence-electron chi connectivity index (χ0n) is 34.8. The van der Waals surface area contributed by atoms with Crippen molar-refractivity contribution >= 4 is 79.2 Å². The number of nitrogens with two attached hydrogens (primary N) is 1. The largest absolute Gasteiger partial charge is 0.481 e. The number of nitrogens with zero attached hydrogens (tertiary/aromatic N) is 5. The van der Waals surface area contributed by atoms with Gasteiger partial charge in [0, 0.05) is 37.2 Å². The Morgan fingerprint density at radius 3 is 2.38 bits per heavy atom. The molecule has 0 bridgehead atoms. The second-order valence-corrected chi connectivity index (χ2v) is 22.5. The van der Waals surface area contributed by atoms with Crippen LogP contribution in [-0.4, -0.2) is 148 Å². The van der Waals surface area contributed by atoms with Crippen LogP contribution in [-0.2, 0) is 60.7 Å². The van der Waals surface area contributed by atoms with Crippen LogP contribution < -0.4 is 16.4 Å². The summed E-state index contributed by atoms with van der Waals surface area (Å²) in [5.41, 5.74) is 5.08. The summed E-state index contributed by atoms with van der Waals surface area (Å²) >= 11 is 0.879. The molecule has 27 nitrogen and oxygen atoms in total. The fourth-order valence-electron chi connectivity index (χ4n) is 6.49. The number of thioether (sulfide) groups is 1. The summed E-state index contributed by atoms with van der Waals surface area (Å²) in [4.78, 5) is 89.2. The molecule has 2 saturated heterocycles. The number of anilines is 1. The number of fused-ring (bicyclic) bond motifs is 1. The summed E-state index contributed by atoms with van der Waals surface area (Å²) in [6, 6.07) is 5.48. The lowest BCUT2D eigenvalue weighted by Crippen LogP contribution is -2.46. The molecular formula is C33H49N8O19P3S2. The van der Waals surface area contributed by atoms with Gasteiger partial charge in [-0.3, -0.25) is 32.5 Å². The summed E-state index contributed by atoms with van der Waals surface area (Å²) in [5, 5.41) is 26.1. The number of phosphoric acid groups is 3. The van der Waals surface area contributed by atoms with E-state index < -0.39 is 101 Å². The van der Waals surface area contributed by atoms with Gasteiger partial charge in [-0.15, -0.1) is 0 Å². The summed E-state index contributed by atoms with van der Waals surface area (Å²) < 4.78 is 89.9. The molecule has 5 rings (SSSR count). The number of sulfonamides is 1. The van der Waals surface area contributed by atoms with E-state index in [-0.39, 0.29) is 58.8 Å². The van der Waals surface area contributed by atoms with Gasteiger partial charge >= 0.3 is 23.5 Å². The van der Waals surface area contributed by atoms with Gasteiger partial charge < -0.3 is 50.9 Å². The lowest BCUT2D eigenvalue weighted by atomic mass is 9.87. The maximum Gasteiger partial charge on any atom is 0.481 e. The van der Waals surface area contributed by atoms with Crippen molar-refractivity contribution < 1.29 is 88.9 Å². The number of aryl methyl sites for hydroxylation is 1. The monoisotopic (exact) mass is 1020 g/mol. The zero-order chi connectivity index (χ0) is 48.1. The Hall–Kier alpha value is -3.31. The highest BCUT2D eigenvalue weighted by Crippen LogP contribution is 2.61. The van der Waals surface area contributed by atoms with Crippen molar-refractivity contribution in [2.24, 2.45) is 5.41 Å². The molecule has 65 heavy (non-hydrogen) atoms. The van der Waals surface area contributed by atoms with Gasteiger partial charge in [-0.05, 0) is 31.9 Å². The molecular weight excluding hydrogens is 969 g/mol. The maximum atomic E-state index is 13.2. The average molecular weight is 1020 g/mol. The van der Waals surface area contributed by atoms with Gasteiger partial charge in [-0.25, -0.2) is 37.1 Å². The van der Waals surface area contributed by atoms with Crippen LogP contribution in [0.5, 0.6) is 0 Å². The number of amides is 2. The number of carbonyl (C=O) groups is 3. The predicted octanol–water partition coefficient (Wildman–Crippen LogP) is -0.174. The van der Waals surface area contributed by atoms with Crippen molar-refractivity contribution in [2.45, 2.75) is 81.6 Å². The lowest BCUT2D eigenvalue weighted by Gasteiger charge is -2.30. The van der Waals surface area contributed by atoms with E-state index in [2.05, 4.69) is 34.4 Å². The Balaban J connectivity index is 1.03. The molecule has 2 fully saturated rings. The first-order valence-corrected chi connectivity index (χ1v) is 26.3. The third-order valence-electron chi connectivity index (χ3n) is 9.85. The Morgan fingerprint density at radius 2 is 1.71 bits per heavy atom. The molecule has 362 valence electrons. The van der Waals surface area contributed by atoms with Crippen LogP contribution in [0.3, 0.4) is 0 Å². The quantitative estimate of drug-likeness (QED) is 0.0466. The number of aliphatic hydroxyl groups is 2. The highest BCUT2D eigenvalue weighted by Gasteiger charge is 2.50. The van der Waals surface area contributed by atoms with Gasteiger partial charge in [0.2, 0.25) is 27.0 Å². The summed E-state index contributed by atoms with van der Waals surface area (Å²) in [5.74, 6) is -1.46. The molecule has 0 spiro atoms. The number of carbonyl (C=O) groups excluding carboxylic acids is 3. The second kappa shape index (κ2) is 21.3. The summed E-state index contributed by atoms with van der Waals surface area (Å²) in [6.07, 6.45) is -6.27. The number of benzene rings is 1. The molecule has 8 atom stereocenters. The lowest BCUT2D eigenvalue weighted by molar-refractivity contribution is -0.137. The maximum absolute atomic E-state index is 13.2. The highest BCUT2D eigenvalue weighted by atomic mass is 32.2. The molecule has 2 amide bonds. The Bertz CT molecular complexity index is 2460. The van der Waals surface area contributed by atoms with Gasteiger partial charge in [-0.1, -0.05) is 43.3 Å². The SMILES string of the molecule is Cc1ccc(S(=O)(=O)N2CCCC2C(=O)SCCNC(=O)CCNC(=O)C(O)C(C)(C)COP(=O)(O)OP(=O)(O)OCC2OC(n3cnc4c(N)ncnc43)C(O)C2OP(=O)(O)O)cc1. The number of aromatic nitrogens is 4. The van der Waals surface area contributed by atoms with Crippen LogP contribution in [0.15, 0.2) is 41.8 Å². The van der Waals surface area contributed by atoms with Crippen LogP contribution >= 0.6 is 35.2 Å². The minimum atomic E-state index is -5.61. The molecule has 2 aliphatic rings. The van der Waals surface area contributed by atoms with Crippen LogP contribution in [0.1, 0.15) is 44.9 Å². The number of nitrogen functional groups attached to an aromatic ring is 1. The van der Waals surface area contributed by atoms with Crippen molar-refractivity contribution in [2.75, 3.05) is 44.3 Å². The first kappa shape index (κ1) is 52.7. The van der Waals surface area contributed by atoms with Crippen LogP contribution in [0.25, 0.3) is 11.2 Å². The average Bonchev–Trinajstić information content (AvgIpc) is 3.96. The molecule has 10 N–H and O–H groups in total. The smallest absolute Gasteiger partial charge is 0.386 e. The molecule has 0 aliphatic carbocycles. The fraction of sp³-hybridized carbons (Fsp3) is 0.576. The molecule has 4 heterocycles. The van der Waals surface area contributed by atoms with E-state index in [1.807, 2.05) is 6.92 Å². The fourth-order valence-corrected chi connectivity index (χ4v) is 11.9. The van der Waals surface area contributed by atoms with Gasteiger partial charge in [0.25, 0.3) is 0 Å². The van der Waals surface area contributed by atoms with E-state index in [4.69, 9.17) is 19.5 Å². The second-order valence-electron chi connectivity index (χ2n) is 15.3. The normalized spacial score (nSPS) is 23.2. The summed E-state index contributed by atoms with van der Waals surface area (Å²) in [7, 11) is -20.4. The number of hydrogen-bond acceptors (Lipinski definition) is 20. The zero-order valence-corrected chi connectivity index (χ0v) is 39.1. The first-order valence-electron chi connectivity index (χ1n) is 19.4. The van der Waals surface area contributed by atoms with E-state index in [9.17, 15) is 66.3 Å². The predicted molar refractivity (Wildman–Crippen MR) is 225 cm³/mol. The van der Waals surface area contributed by atoms with E-state index in [0.717, 1.165) is 34.5 Å². The van der Waals surface area contributed by atoms with E-state index in [0.29, 0.717) is 12.8 Å². The molecule has 2 aliphatic heterocycles. The van der Waals surface area contributed by atoms with Crippen LogP contribution in [0.4, 0.5) is 5.82 Å². The Morgan fingerprint density at radius 1 is 1.03 bits per heavy atom. The van der Waals surface area contributed by atoms with Crippen molar-refractivity contribution in [3.05, 3.63) is 42.5 Å². The van der Waals surface area contributed by atoms with Gasteiger partial charge in [0.1, 0.15) is 36.3 Å². The standard InChI is InChI=1S/C33H49N8O19P3S2/c1-19-6-8-20(9-7-19)65(54,55)41-13-4-5-21(41)32(46)64-14-12-35-23(42)10-11-36-30(45)27(44)33(2,3)16-57-63(52,53)60-62(50,51)56-15-22-26(59-61(47,48)49)25(43)31(58-22)40-18-39-24-28(34)37-17-38-29(24)40/h6-9,17-18,21-22,25-27,31,43-44H,4-5,10-16H2,1-3H3,(H,35,42)(H,36,45)(H,50,51)(H,52,53)(H2,34,37,38)(H2,47,48,49). The van der Waals surface area contributed by atoms with Crippen molar-refractivity contribution in [1.29, 1.82) is 0 Å². The topological polar surface area (TPSA) is 401 Å². The third-order valence-corrected chi connectivity index (χ3v) is 15.8. The molecule has 32 heteroatoms. The van der Waals surface area contributed by atoms with E-state index in [1.165, 1.54) is 30.3 Å². The van der Waals surface area contributed by atoms with Gasteiger partial charge in [-0.2, -0.15) is 8.62 Å². The number of nitrogens with one attached hydrogen (secondary N) is 2. The van der Waals surface area contributed by atoms with Crippen molar-refractivity contribution in [3.63, 3.8) is 0 Å². The number of aliphatic hydroxyl groups excluding tert-OH is 2. The van der Waals surface area contributed by atoms with Crippen LogP contribution in [0.2, 0.25) is 0 Å². The van der Waals surface area contributed by atoms with Crippen molar-refractivity contribution in [3.8, 4) is 0 Å². The third kappa shape index (κ3) is 13.9. The first-order chi connectivity index (χ1) is 30.2. The Kier molecular flexibility index (Phi) is 17.3. The van der Waals surface area contributed by atoms with E-state index >= 15 is 0 Å². The molecule has 1 aromatic carbocycles. The molecule has 8 unspecified atom stereocenters. The number of hydrogen-bond donors (Lipinski definition) is 9. The minimum absolute atomic E-state index is 0.0178.